The Balaban J connectivity index is 3.13. The summed E-state index contributed by atoms with van der Waals surface area (Å²) in [6.45, 7) is 0. The average Bonchev–Trinajstić information content (AvgIpc) is 2.05. The summed E-state index contributed by atoms with van der Waals surface area (Å²) < 4.78 is 5.55. The van der Waals surface area contributed by atoms with Gasteiger partial charge in [0.2, 0.25) is 5.88 Å². The highest BCUT2D eigenvalue weighted by atomic mass is 79.9. The molecule has 0 aliphatic heterocycles. The molecule has 0 fully saturated rings. The van der Waals surface area contributed by atoms with Gasteiger partial charge in [-0.15, -0.1) is 0 Å². The Morgan fingerprint density at radius 1 is 1.67 bits per heavy atom. The van der Waals surface area contributed by atoms with E-state index in [4.69, 9.17) is 16.3 Å². The van der Waals surface area contributed by atoms with Gasteiger partial charge < -0.3 is 4.74 Å². The van der Waals surface area contributed by atoms with Crippen LogP contribution in [0.25, 0.3) is 0 Å². The van der Waals surface area contributed by atoms with E-state index < -0.39 is 5.24 Å². The lowest BCUT2D eigenvalue weighted by atomic mass is 10.4. The van der Waals surface area contributed by atoms with E-state index in [-0.39, 0.29) is 5.69 Å². The molecule has 1 aromatic heterocycles. The van der Waals surface area contributed by atoms with Gasteiger partial charge in [-0.25, -0.2) is 4.98 Å². The second-order valence-corrected chi connectivity index (χ2v) is 3.16. The fourth-order valence-corrected chi connectivity index (χ4v) is 1.16. The topological polar surface area (TPSA) is 39.2 Å². The van der Waals surface area contributed by atoms with Crippen molar-refractivity contribution in [1.29, 1.82) is 0 Å². The Hall–Kier alpha value is -0.610. The minimum Gasteiger partial charge on any atom is -0.480 e. The number of hydrogen-bond acceptors (Lipinski definition) is 3. The van der Waals surface area contributed by atoms with Crippen LogP contribution in [0.5, 0.6) is 5.88 Å². The van der Waals surface area contributed by atoms with Gasteiger partial charge in [-0.2, -0.15) is 0 Å². The summed E-state index contributed by atoms with van der Waals surface area (Å²) in [6.07, 6.45) is 0. The van der Waals surface area contributed by atoms with E-state index in [0.717, 1.165) is 0 Å². The fraction of sp³-hybridized carbons (Fsp3) is 0.143. The number of carbonyl (C=O) groups excluding carboxylic acids is 1. The number of ether oxygens (including phenoxy) is 1. The molecule has 1 rings (SSSR count). The van der Waals surface area contributed by atoms with Crippen molar-refractivity contribution in [2.45, 2.75) is 0 Å². The molecule has 0 aliphatic rings. The number of halogens is 2. The van der Waals surface area contributed by atoms with Crippen LogP contribution in [0.15, 0.2) is 16.6 Å². The van der Waals surface area contributed by atoms with Crippen LogP contribution in [0, 0.1) is 0 Å². The van der Waals surface area contributed by atoms with Crippen LogP contribution in [-0.2, 0) is 0 Å². The number of rotatable bonds is 2. The van der Waals surface area contributed by atoms with Crippen LogP contribution < -0.4 is 4.74 Å². The van der Waals surface area contributed by atoms with Gasteiger partial charge in [0.25, 0.3) is 5.24 Å². The first-order chi connectivity index (χ1) is 5.65. The van der Waals surface area contributed by atoms with E-state index in [0.29, 0.717) is 10.4 Å². The Morgan fingerprint density at radius 2 is 2.33 bits per heavy atom. The standard InChI is InChI=1S/C7H5BrClNO2/c1-12-7-4(8)2-3-5(10-7)6(9)11/h2-3H,1H3. The molecule has 0 saturated heterocycles. The van der Waals surface area contributed by atoms with Crippen molar-refractivity contribution >= 4 is 32.8 Å². The van der Waals surface area contributed by atoms with Crippen LogP contribution in [0.4, 0.5) is 0 Å². The van der Waals surface area contributed by atoms with Crippen molar-refractivity contribution in [3.05, 3.63) is 22.3 Å². The van der Waals surface area contributed by atoms with Crippen molar-refractivity contribution < 1.29 is 9.53 Å². The molecule has 0 spiro atoms. The smallest absolute Gasteiger partial charge is 0.270 e. The number of nitrogens with zero attached hydrogens (tertiary/aromatic N) is 1. The maximum absolute atomic E-state index is 10.7. The fourth-order valence-electron chi connectivity index (χ4n) is 0.676. The molecule has 0 atom stereocenters. The lowest BCUT2D eigenvalue weighted by Gasteiger charge is -2.01. The summed E-state index contributed by atoms with van der Waals surface area (Å²) in [5.74, 6) is 0.349. The summed E-state index contributed by atoms with van der Waals surface area (Å²) in [7, 11) is 1.47. The van der Waals surface area contributed by atoms with Gasteiger partial charge in [0.05, 0.1) is 11.6 Å². The Labute approximate surface area is 82.8 Å². The zero-order valence-electron chi connectivity index (χ0n) is 6.17. The van der Waals surface area contributed by atoms with Crippen LogP contribution in [0.1, 0.15) is 10.5 Å². The van der Waals surface area contributed by atoms with Crippen LogP contribution in [0.3, 0.4) is 0 Å². The minimum absolute atomic E-state index is 0.178. The minimum atomic E-state index is -0.596. The van der Waals surface area contributed by atoms with E-state index in [1.165, 1.54) is 13.2 Å². The predicted molar refractivity (Wildman–Crippen MR) is 48.7 cm³/mol. The number of methoxy groups -OCH3 is 1. The van der Waals surface area contributed by atoms with E-state index >= 15 is 0 Å². The summed E-state index contributed by atoms with van der Waals surface area (Å²) in [5, 5.41) is -0.596. The lowest BCUT2D eigenvalue weighted by Crippen LogP contribution is -1.97. The monoisotopic (exact) mass is 249 g/mol. The molecular weight excluding hydrogens is 245 g/mol. The summed E-state index contributed by atoms with van der Waals surface area (Å²) in [4.78, 5) is 14.5. The number of hydrogen-bond donors (Lipinski definition) is 0. The third kappa shape index (κ3) is 1.95. The normalized spacial score (nSPS) is 9.58. The maximum atomic E-state index is 10.7. The van der Waals surface area contributed by atoms with Crippen LogP contribution in [-0.4, -0.2) is 17.3 Å². The van der Waals surface area contributed by atoms with E-state index in [2.05, 4.69) is 20.9 Å². The van der Waals surface area contributed by atoms with E-state index in [9.17, 15) is 4.79 Å². The largest absolute Gasteiger partial charge is 0.480 e. The highest BCUT2D eigenvalue weighted by Crippen LogP contribution is 2.22. The van der Waals surface area contributed by atoms with Gasteiger partial charge in [0, 0.05) is 0 Å². The molecule has 0 bridgehead atoms. The molecule has 3 nitrogen and oxygen atoms in total. The first kappa shape index (κ1) is 9.48. The Bertz CT molecular complexity index is 316. The number of carbonyl (C=O) groups is 1. The van der Waals surface area contributed by atoms with E-state index in [1.807, 2.05) is 0 Å². The van der Waals surface area contributed by atoms with Crippen molar-refractivity contribution in [1.82, 2.24) is 4.98 Å². The number of pyridine rings is 1. The van der Waals surface area contributed by atoms with Gasteiger partial charge in [0.1, 0.15) is 5.69 Å². The van der Waals surface area contributed by atoms with Crippen molar-refractivity contribution in [3.8, 4) is 5.88 Å². The first-order valence-electron chi connectivity index (χ1n) is 3.05. The van der Waals surface area contributed by atoms with Crippen molar-refractivity contribution in [2.75, 3.05) is 7.11 Å². The second-order valence-electron chi connectivity index (χ2n) is 1.96. The summed E-state index contributed by atoms with van der Waals surface area (Å²) >= 11 is 8.41. The van der Waals surface area contributed by atoms with Gasteiger partial charge in [-0.1, -0.05) is 0 Å². The SMILES string of the molecule is COc1nc(C(=O)Cl)ccc1Br. The zero-order valence-corrected chi connectivity index (χ0v) is 8.52. The Kier molecular flexibility index (Phi) is 3.05. The van der Waals surface area contributed by atoms with Crippen molar-refractivity contribution in [3.63, 3.8) is 0 Å². The molecule has 0 unspecified atom stereocenters. The summed E-state index contributed by atoms with van der Waals surface area (Å²) in [5.41, 5.74) is 0.178. The zero-order chi connectivity index (χ0) is 9.14. The van der Waals surface area contributed by atoms with Gasteiger partial charge in [0.15, 0.2) is 0 Å². The number of aromatic nitrogens is 1. The molecule has 0 N–H and O–H groups in total. The van der Waals surface area contributed by atoms with Crippen LogP contribution >= 0.6 is 27.5 Å². The van der Waals surface area contributed by atoms with Gasteiger partial charge in [-0.05, 0) is 39.7 Å². The lowest BCUT2D eigenvalue weighted by molar-refractivity contribution is 0.107. The van der Waals surface area contributed by atoms with Gasteiger partial charge in [-0.3, -0.25) is 4.79 Å². The molecule has 0 aromatic carbocycles. The first-order valence-corrected chi connectivity index (χ1v) is 4.22. The molecule has 0 saturated carbocycles. The van der Waals surface area contributed by atoms with Gasteiger partial charge >= 0.3 is 0 Å². The quantitative estimate of drug-likeness (QED) is 0.756. The molecule has 12 heavy (non-hydrogen) atoms. The molecule has 0 amide bonds. The molecule has 0 aliphatic carbocycles. The average molecular weight is 250 g/mol. The highest BCUT2D eigenvalue weighted by molar-refractivity contribution is 9.10. The maximum Gasteiger partial charge on any atom is 0.270 e. The molecule has 1 aromatic rings. The summed E-state index contributed by atoms with van der Waals surface area (Å²) in [6, 6.07) is 3.17. The molecule has 1 heterocycles. The third-order valence-corrected chi connectivity index (χ3v) is 2.01. The molecular formula is C7H5BrClNO2. The van der Waals surface area contributed by atoms with Crippen molar-refractivity contribution in [2.24, 2.45) is 0 Å². The van der Waals surface area contributed by atoms with E-state index in [1.54, 1.807) is 6.07 Å². The Morgan fingerprint density at radius 3 is 2.83 bits per heavy atom. The highest BCUT2D eigenvalue weighted by Gasteiger charge is 2.07. The molecule has 0 radical (unpaired) electrons. The molecule has 64 valence electrons. The predicted octanol–water partition coefficient (Wildman–Crippen LogP) is 2.23. The molecule has 5 heteroatoms. The second kappa shape index (κ2) is 3.87. The third-order valence-electron chi connectivity index (χ3n) is 1.21. The van der Waals surface area contributed by atoms with Crippen LogP contribution in [0.2, 0.25) is 0 Å².